The van der Waals surface area contributed by atoms with Gasteiger partial charge in [-0.25, -0.2) is 0 Å². The van der Waals surface area contributed by atoms with Crippen LogP contribution in [0.4, 0.5) is 0 Å². The summed E-state index contributed by atoms with van der Waals surface area (Å²) in [5.41, 5.74) is 1.31. The van der Waals surface area contributed by atoms with Crippen LogP contribution in [0.3, 0.4) is 0 Å². The van der Waals surface area contributed by atoms with Crippen molar-refractivity contribution in [2.75, 3.05) is 6.54 Å². The van der Waals surface area contributed by atoms with Crippen molar-refractivity contribution in [3.63, 3.8) is 0 Å². The Morgan fingerprint density at radius 3 is 3.00 bits per heavy atom. The summed E-state index contributed by atoms with van der Waals surface area (Å²) >= 11 is 0. The molecule has 0 saturated heterocycles. The van der Waals surface area contributed by atoms with Crippen molar-refractivity contribution in [3.05, 3.63) is 12.2 Å². The second kappa shape index (κ2) is 5.99. The minimum absolute atomic E-state index is 1.05. The molecular weight excluding hydrogens is 146 g/mol. The Labute approximate surface area is 75.6 Å². The third-order valence-electron chi connectivity index (χ3n) is 2.19. The first-order valence-electron chi connectivity index (χ1n) is 5.13. The number of hydrogen-bond acceptors (Lipinski definition) is 1. The van der Waals surface area contributed by atoms with Gasteiger partial charge in [0.05, 0.1) is 0 Å². The van der Waals surface area contributed by atoms with Crippen molar-refractivity contribution in [1.82, 2.24) is 0 Å². The maximum absolute atomic E-state index is 4.38. The van der Waals surface area contributed by atoms with Crippen LogP contribution >= 0.6 is 0 Å². The molecule has 12 heavy (non-hydrogen) atoms. The summed E-state index contributed by atoms with van der Waals surface area (Å²) in [7, 11) is 0. The molecule has 0 bridgehead atoms. The number of rotatable bonds is 5. The van der Waals surface area contributed by atoms with E-state index >= 15 is 0 Å². The third-order valence-corrected chi connectivity index (χ3v) is 2.19. The summed E-state index contributed by atoms with van der Waals surface area (Å²) < 4.78 is 0. The summed E-state index contributed by atoms with van der Waals surface area (Å²) in [6, 6.07) is 0. The predicted molar refractivity (Wildman–Crippen MR) is 54.8 cm³/mol. The molecule has 1 nitrogen and oxygen atoms in total. The summed E-state index contributed by atoms with van der Waals surface area (Å²) in [6.45, 7) is 3.29. The fourth-order valence-electron chi connectivity index (χ4n) is 1.43. The molecule has 0 saturated carbocycles. The van der Waals surface area contributed by atoms with Gasteiger partial charge in [0, 0.05) is 12.3 Å². The van der Waals surface area contributed by atoms with Crippen LogP contribution in [0.15, 0.2) is 17.1 Å². The molecule has 0 radical (unpaired) electrons. The maximum Gasteiger partial charge on any atom is 0.0396 e. The quantitative estimate of drug-likeness (QED) is 0.554. The molecule has 0 amide bonds. The van der Waals surface area contributed by atoms with Crippen molar-refractivity contribution in [1.29, 1.82) is 0 Å². The van der Waals surface area contributed by atoms with Crippen molar-refractivity contribution in [2.45, 2.75) is 45.4 Å². The normalized spacial score (nSPS) is 17.2. The molecule has 0 unspecified atom stereocenters. The van der Waals surface area contributed by atoms with Crippen molar-refractivity contribution in [3.8, 4) is 0 Å². The van der Waals surface area contributed by atoms with Gasteiger partial charge in [-0.1, -0.05) is 25.8 Å². The van der Waals surface area contributed by atoms with Crippen LogP contribution < -0.4 is 0 Å². The van der Waals surface area contributed by atoms with E-state index in [-0.39, 0.29) is 0 Å². The molecule has 0 N–H and O–H groups in total. The van der Waals surface area contributed by atoms with Crippen LogP contribution in [0.1, 0.15) is 45.4 Å². The van der Waals surface area contributed by atoms with Gasteiger partial charge >= 0.3 is 0 Å². The summed E-state index contributed by atoms with van der Waals surface area (Å²) in [6.07, 6.45) is 12.2. The van der Waals surface area contributed by atoms with Crippen LogP contribution in [0.25, 0.3) is 0 Å². The SMILES string of the molecule is CCCCC/C=C/C1=NCCC1. The minimum atomic E-state index is 1.05. The van der Waals surface area contributed by atoms with E-state index < -0.39 is 0 Å². The average Bonchev–Trinajstić information content (AvgIpc) is 2.57. The monoisotopic (exact) mass is 165 g/mol. The zero-order valence-corrected chi connectivity index (χ0v) is 8.05. The highest BCUT2D eigenvalue weighted by Gasteiger charge is 2.00. The van der Waals surface area contributed by atoms with Crippen molar-refractivity contribution in [2.24, 2.45) is 4.99 Å². The number of aliphatic imine (C=N–C) groups is 1. The lowest BCUT2D eigenvalue weighted by Crippen LogP contribution is -1.84. The average molecular weight is 165 g/mol. The van der Waals surface area contributed by atoms with Crippen molar-refractivity contribution >= 4 is 5.71 Å². The molecule has 1 aliphatic heterocycles. The Hall–Kier alpha value is -0.590. The highest BCUT2D eigenvalue weighted by Crippen LogP contribution is 2.06. The molecular formula is C11H19N. The second-order valence-electron chi connectivity index (χ2n) is 3.37. The van der Waals surface area contributed by atoms with Crippen LogP contribution in [-0.2, 0) is 0 Å². The van der Waals surface area contributed by atoms with E-state index in [1.165, 1.54) is 44.2 Å². The second-order valence-corrected chi connectivity index (χ2v) is 3.37. The number of hydrogen-bond donors (Lipinski definition) is 0. The maximum atomic E-state index is 4.38. The van der Waals surface area contributed by atoms with E-state index in [1.54, 1.807) is 0 Å². The van der Waals surface area contributed by atoms with Gasteiger partial charge < -0.3 is 0 Å². The van der Waals surface area contributed by atoms with E-state index in [1.807, 2.05) is 0 Å². The third kappa shape index (κ3) is 3.70. The molecule has 0 spiro atoms. The Bertz CT molecular complexity index is 168. The summed E-state index contributed by atoms with van der Waals surface area (Å²) in [5, 5.41) is 0. The zero-order valence-electron chi connectivity index (χ0n) is 8.05. The van der Waals surface area contributed by atoms with Gasteiger partial charge in [0.25, 0.3) is 0 Å². The Kier molecular flexibility index (Phi) is 4.74. The molecule has 0 aromatic heterocycles. The van der Waals surface area contributed by atoms with Crippen LogP contribution in [-0.4, -0.2) is 12.3 Å². The molecule has 0 fully saturated rings. The smallest absolute Gasteiger partial charge is 0.0396 e. The lowest BCUT2D eigenvalue weighted by Gasteiger charge is -1.92. The molecule has 1 aliphatic rings. The van der Waals surface area contributed by atoms with Crippen molar-refractivity contribution < 1.29 is 0 Å². The molecule has 0 atom stereocenters. The van der Waals surface area contributed by atoms with E-state index in [0.717, 1.165) is 6.54 Å². The molecule has 1 heterocycles. The van der Waals surface area contributed by atoms with Crippen LogP contribution in [0, 0.1) is 0 Å². The van der Waals surface area contributed by atoms with Crippen LogP contribution in [0.2, 0.25) is 0 Å². The first-order valence-corrected chi connectivity index (χ1v) is 5.13. The minimum Gasteiger partial charge on any atom is -0.290 e. The number of nitrogens with zero attached hydrogens (tertiary/aromatic N) is 1. The Morgan fingerprint density at radius 1 is 1.42 bits per heavy atom. The molecule has 0 aromatic carbocycles. The van der Waals surface area contributed by atoms with E-state index in [4.69, 9.17) is 0 Å². The first kappa shape index (κ1) is 9.50. The van der Waals surface area contributed by atoms with E-state index in [2.05, 4.69) is 24.1 Å². The van der Waals surface area contributed by atoms with E-state index in [9.17, 15) is 0 Å². The highest BCUT2D eigenvalue weighted by molar-refractivity contribution is 5.95. The standard InChI is InChI=1S/C11H19N/c1-2-3-4-5-6-8-11-9-7-10-12-11/h6,8H,2-5,7,9-10H2,1H3/b8-6+. The van der Waals surface area contributed by atoms with Gasteiger partial charge in [-0.05, 0) is 31.8 Å². The lowest BCUT2D eigenvalue weighted by molar-refractivity contribution is 0.729. The fraction of sp³-hybridized carbons (Fsp3) is 0.727. The molecule has 0 aromatic rings. The molecule has 0 aliphatic carbocycles. The largest absolute Gasteiger partial charge is 0.290 e. The fourth-order valence-corrected chi connectivity index (χ4v) is 1.43. The number of allylic oxidation sites excluding steroid dienone is 2. The Morgan fingerprint density at radius 2 is 2.33 bits per heavy atom. The molecule has 1 rings (SSSR count). The predicted octanol–water partition coefficient (Wildman–Crippen LogP) is 3.36. The highest BCUT2D eigenvalue weighted by atomic mass is 14.8. The van der Waals surface area contributed by atoms with Gasteiger partial charge in [0.1, 0.15) is 0 Å². The number of unbranched alkanes of at least 4 members (excludes halogenated alkanes) is 3. The van der Waals surface area contributed by atoms with Gasteiger partial charge in [0.15, 0.2) is 0 Å². The first-order chi connectivity index (χ1) is 5.93. The topological polar surface area (TPSA) is 12.4 Å². The van der Waals surface area contributed by atoms with Crippen LogP contribution in [0.5, 0.6) is 0 Å². The zero-order chi connectivity index (χ0) is 8.65. The van der Waals surface area contributed by atoms with Gasteiger partial charge in [-0.3, -0.25) is 4.99 Å². The summed E-state index contributed by atoms with van der Waals surface area (Å²) in [5.74, 6) is 0. The molecule has 68 valence electrons. The van der Waals surface area contributed by atoms with Gasteiger partial charge in [-0.15, -0.1) is 0 Å². The lowest BCUT2D eigenvalue weighted by atomic mass is 10.1. The van der Waals surface area contributed by atoms with E-state index in [0.29, 0.717) is 0 Å². The van der Waals surface area contributed by atoms with Gasteiger partial charge in [-0.2, -0.15) is 0 Å². The Balaban J connectivity index is 2.05. The summed E-state index contributed by atoms with van der Waals surface area (Å²) in [4.78, 5) is 4.38. The molecule has 1 heteroatoms. The van der Waals surface area contributed by atoms with Gasteiger partial charge in [0.2, 0.25) is 0 Å².